The Balaban J connectivity index is 1.43. The van der Waals surface area contributed by atoms with Crippen molar-refractivity contribution >= 4 is 32.7 Å². The molecule has 1 heterocycles. The van der Waals surface area contributed by atoms with E-state index in [9.17, 15) is 18.9 Å². The Kier molecular flexibility index (Phi) is 12.8. The van der Waals surface area contributed by atoms with E-state index in [2.05, 4.69) is 32.6 Å². The van der Waals surface area contributed by atoms with Gasteiger partial charge < -0.3 is 14.1 Å². The van der Waals surface area contributed by atoms with Crippen molar-refractivity contribution in [1.29, 1.82) is 0 Å². The number of rotatable bonds is 13. The SMILES string of the molecule is CC(C)c1nc(-c2ccccc2)cc(-c2ccc(F)cc2)c1C#CCO[PH](=O)CC(CC(=O)O)O[Si](c1ccccc1)(c1ccccc1)C(C)(C)C. The van der Waals surface area contributed by atoms with Gasteiger partial charge in [-0.25, -0.2) is 4.39 Å². The first-order valence-corrected chi connectivity index (χ1v) is 20.8. The number of hydrogen-bond donors (Lipinski definition) is 1. The largest absolute Gasteiger partial charge is 0.481 e. The fourth-order valence-corrected chi connectivity index (χ4v) is 12.3. The average molecular weight is 734 g/mol. The molecule has 0 aliphatic rings. The summed E-state index contributed by atoms with van der Waals surface area (Å²) in [5, 5.41) is 11.5. The van der Waals surface area contributed by atoms with Crippen LogP contribution in [0.1, 0.15) is 58.2 Å². The summed E-state index contributed by atoms with van der Waals surface area (Å²) in [4.78, 5) is 17.1. The van der Waals surface area contributed by atoms with Crippen LogP contribution in [0, 0.1) is 17.7 Å². The lowest BCUT2D eigenvalue weighted by molar-refractivity contribution is -0.138. The van der Waals surface area contributed by atoms with Crippen molar-refractivity contribution in [3.05, 3.63) is 138 Å². The first-order chi connectivity index (χ1) is 24.9. The van der Waals surface area contributed by atoms with Crippen molar-refractivity contribution in [3.8, 4) is 34.2 Å². The molecule has 0 aliphatic carbocycles. The number of hydrogen-bond acceptors (Lipinski definition) is 5. The van der Waals surface area contributed by atoms with E-state index >= 15 is 0 Å². The van der Waals surface area contributed by atoms with Gasteiger partial charge in [0, 0.05) is 17.3 Å². The van der Waals surface area contributed by atoms with E-state index in [1.165, 1.54) is 12.1 Å². The Morgan fingerprint density at radius 2 is 1.42 bits per heavy atom. The molecule has 0 saturated heterocycles. The molecule has 0 saturated carbocycles. The molecule has 2 unspecified atom stereocenters. The van der Waals surface area contributed by atoms with Crippen molar-refractivity contribution < 1.29 is 27.8 Å². The normalized spacial score (nSPS) is 12.9. The highest BCUT2D eigenvalue weighted by Crippen LogP contribution is 2.39. The standard InChI is InChI=1S/C43H45FNO5PSi/c1-31(2)42-38(39(32-23-25-34(44)26-24-32)29-40(45-42)33-16-9-6-10-17-33)22-15-27-49-51(48)30-35(28-41(46)47)50-52(43(3,4)5,36-18-11-7-12-19-36)37-20-13-8-14-21-37/h6-14,16-21,23-26,29,31,35,51H,27-28,30H2,1-5H3,(H,46,47). The van der Waals surface area contributed by atoms with Crippen LogP contribution in [0.15, 0.2) is 121 Å². The van der Waals surface area contributed by atoms with Crippen LogP contribution in [0.2, 0.25) is 5.04 Å². The molecule has 52 heavy (non-hydrogen) atoms. The molecule has 4 aromatic carbocycles. The van der Waals surface area contributed by atoms with Crippen LogP contribution >= 0.6 is 8.03 Å². The molecule has 5 aromatic rings. The van der Waals surface area contributed by atoms with Crippen molar-refractivity contribution in [1.82, 2.24) is 4.98 Å². The smallest absolute Gasteiger partial charge is 0.305 e. The summed E-state index contributed by atoms with van der Waals surface area (Å²) in [7, 11) is -5.89. The highest BCUT2D eigenvalue weighted by Gasteiger charge is 2.51. The maximum Gasteiger partial charge on any atom is 0.305 e. The van der Waals surface area contributed by atoms with Gasteiger partial charge in [-0.2, -0.15) is 0 Å². The maximum absolute atomic E-state index is 13.9. The summed E-state index contributed by atoms with van der Waals surface area (Å²) >= 11 is 0. The number of carboxylic acid groups (broad SMARTS) is 1. The minimum absolute atomic E-state index is 0.0163. The molecule has 9 heteroatoms. The van der Waals surface area contributed by atoms with Crippen LogP contribution in [0.25, 0.3) is 22.4 Å². The highest BCUT2D eigenvalue weighted by atomic mass is 31.1. The van der Waals surface area contributed by atoms with Crippen LogP contribution in [-0.2, 0) is 18.3 Å². The zero-order valence-corrected chi connectivity index (χ0v) is 32.2. The lowest BCUT2D eigenvalue weighted by atomic mass is 9.93. The summed E-state index contributed by atoms with van der Waals surface area (Å²) in [5.41, 5.74) is 4.78. The number of aromatic nitrogens is 1. The lowest BCUT2D eigenvalue weighted by Gasteiger charge is -2.45. The monoisotopic (exact) mass is 733 g/mol. The molecule has 0 fully saturated rings. The topological polar surface area (TPSA) is 85.7 Å². The van der Waals surface area contributed by atoms with E-state index in [4.69, 9.17) is 13.9 Å². The number of benzene rings is 4. The Bertz CT molecular complexity index is 2000. The van der Waals surface area contributed by atoms with Gasteiger partial charge in [-0.1, -0.05) is 150 Å². The van der Waals surface area contributed by atoms with Gasteiger partial charge in [-0.15, -0.1) is 0 Å². The quantitative estimate of drug-likeness (QED) is 0.0739. The Labute approximate surface area is 308 Å². The Hall–Kier alpha value is -4.64. The minimum atomic E-state index is -3.12. The Morgan fingerprint density at radius 1 is 0.865 bits per heavy atom. The van der Waals surface area contributed by atoms with Crippen molar-refractivity contribution in [2.45, 2.75) is 58.1 Å². The molecule has 0 radical (unpaired) electrons. The second-order valence-corrected chi connectivity index (χ2v) is 19.7. The van der Waals surface area contributed by atoms with Crippen molar-refractivity contribution in [2.75, 3.05) is 12.8 Å². The van der Waals surface area contributed by atoms with Gasteiger partial charge in [0.2, 0.25) is 0 Å². The summed E-state index contributed by atoms with van der Waals surface area (Å²) in [6.07, 6.45) is -1.27. The second-order valence-electron chi connectivity index (χ2n) is 14.0. The Morgan fingerprint density at radius 3 is 1.94 bits per heavy atom. The average Bonchev–Trinajstić information content (AvgIpc) is 3.12. The van der Waals surface area contributed by atoms with Crippen LogP contribution < -0.4 is 10.4 Å². The number of pyridine rings is 1. The molecule has 6 nitrogen and oxygen atoms in total. The van der Waals surface area contributed by atoms with E-state index in [1.54, 1.807) is 12.1 Å². The first-order valence-electron chi connectivity index (χ1n) is 17.4. The van der Waals surface area contributed by atoms with Gasteiger partial charge >= 0.3 is 5.97 Å². The zero-order valence-electron chi connectivity index (χ0n) is 30.2. The fourth-order valence-electron chi connectivity index (χ4n) is 6.51. The summed E-state index contributed by atoms with van der Waals surface area (Å²) in [6, 6.07) is 37.9. The lowest BCUT2D eigenvalue weighted by Crippen LogP contribution is -2.68. The second kappa shape index (κ2) is 17.2. The molecule has 2 atom stereocenters. The molecular weight excluding hydrogens is 689 g/mol. The van der Waals surface area contributed by atoms with Crippen LogP contribution in [0.4, 0.5) is 4.39 Å². The van der Waals surface area contributed by atoms with Crippen molar-refractivity contribution in [2.24, 2.45) is 0 Å². The number of nitrogens with zero attached hydrogens (tertiary/aromatic N) is 1. The molecule has 0 aliphatic heterocycles. The van der Waals surface area contributed by atoms with Gasteiger partial charge in [0.25, 0.3) is 8.32 Å². The minimum Gasteiger partial charge on any atom is -0.481 e. The highest BCUT2D eigenvalue weighted by molar-refractivity contribution is 7.39. The third-order valence-corrected chi connectivity index (χ3v) is 15.2. The van der Waals surface area contributed by atoms with Gasteiger partial charge in [0.05, 0.1) is 29.5 Å². The molecule has 1 N–H and O–H groups in total. The third-order valence-electron chi connectivity index (χ3n) is 8.89. The van der Waals surface area contributed by atoms with E-state index in [1.807, 2.05) is 111 Å². The zero-order chi connectivity index (χ0) is 37.3. The molecule has 0 amide bonds. The third kappa shape index (κ3) is 9.22. The molecule has 268 valence electrons. The first kappa shape index (κ1) is 38.6. The molecule has 1 aromatic heterocycles. The van der Waals surface area contributed by atoms with Gasteiger partial charge in [0.15, 0.2) is 8.03 Å². The van der Waals surface area contributed by atoms with Gasteiger partial charge in [-0.05, 0) is 45.1 Å². The predicted octanol–water partition coefficient (Wildman–Crippen LogP) is 8.94. The number of carbonyl (C=O) groups is 1. The number of aliphatic carboxylic acids is 1. The number of carboxylic acids is 1. The van der Waals surface area contributed by atoms with Crippen LogP contribution in [-0.4, -0.2) is 43.2 Å². The van der Waals surface area contributed by atoms with Crippen molar-refractivity contribution in [3.63, 3.8) is 0 Å². The van der Waals surface area contributed by atoms with E-state index in [-0.39, 0.29) is 30.9 Å². The maximum atomic E-state index is 13.9. The molecule has 0 bridgehead atoms. The van der Waals surface area contributed by atoms with E-state index in [0.717, 1.165) is 38.5 Å². The van der Waals surface area contributed by atoms with Gasteiger partial charge in [0.1, 0.15) is 12.4 Å². The number of halogens is 1. The summed E-state index contributed by atoms with van der Waals surface area (Å²) in [5.74, 6) is 4.90. The van der Waals surface area contributed by atoms with E-state index in [0.29, 0.717) is 5.56 Å². The molecule has 0 spiro atoms. The predicted molar refractivity (Wildman–Crippen MR) is 211 cm³/mol. The fraction of sp³-hybridized carbons (Fsp3) is 0.256. The van der Waals surface area contributed by atoms with Gasteiger partial charge in [-0.3, -0.25) is 14.3 Å². The van der Waals surface area contributed by atoms with Crippen LogP contribution in [0.5, 0.6) is 0 Å². The van der Waals surface area contributed by atoms with Crippen LogP contribution in [0.3, 0.4) is 0 Å². The molecular formula is C43H45FNO5PSi. The molecule has 5 rings (SSSR count). The summed E-state index contributed by atoms with van der Waals surface area (Å²) < 4.78 is 40.3. The van der Waals surface area contributed by atoms with E-state index < -0.39 is 33.5 Å². The summed E-state index contributed by atoms with van der Waals surface area (Å²) in [6.45, 7) is 10.3.